The molecule has 0 aliphatic carbocycles. The minimum absolute atomic E-state index is 0.0920. The Kier molecular flexibility index (Phi) is 6.83. The number of aromatic nitrogens is 2. The molecule has 1 unspecified atom stereocenters. The zero-order chi connectivity index (χ0) is 27.1. The lowest BCUT2D eigenvalue weighted by molar-refractivity contribution is 0.0205. The van der Waals surface area contributed by atoms with Gasteiger partial charge < -0.3 is 14.8 Å². The van der Waals surface area contributed by atoms with Crippen LogP contribution >= 0.6 is 0 Å². The first-order valence-electron chi connectivity index (χ1n) is 12.2. The average Bonchev–Trinajstić information content (AvgIpc) is 3.55. The molecule has 2 aromatic carbocycles. The van der Waals surface area contributed by atoms with E-state index in [2.05, 4.69) is 15.0 Å². The monoisotopic (exact) mass is 542 g/mol. The van der Waals surface area contributed by atoms with Crippen molar-refractivity contribution in [3.63, 3.8) is 0 Å². The van der Waals surface area contributed by atoms with Crippen molar-refractivity contribution in [2.45, 2.75) is 31.4 Å². The molecule has 38 heavy (non-hydrogen) atoms. The second-order valence-corrected chi connectivity index (χ2v) is 11.2. The number of anilines is 1. The molecule has 2 atom stereocenters. The molecule has 1 spiro atoms. The smallest absolute Gasteiger partial charge is 0.301 e. The number of hydrogen-bond donors (Lipinski definition) is 2. The van der Waals surface area contributed by atoms with Gasteiger partial charge in [-0.3, -0.25) is 14.1 Å². The van der Waals surface area contributed by atoms with Crippen LogP contribution in [0.15, 0.2) is 41.5 Å². The molecule has 2 fully saturated rings. The SMILES string of the molecule is CCN(C)S(=O)(=O)Nc1ccc(F)c(Oc2ccc3ncn(C4CO[C@@]5(CCNC5)C4)c(=O)c3c2)c1C#N. The maximum Gasteiger partial charge on any atom is 0.301 e. The Hall–Kier alpha value is -3.57. The van der Waals surface area contributed by atoms with Crippen molar-refractivity contribution in [3.05, 3.63) is 58.4 Å². The Balaban J connectivity index is 1.48. The van der Waals surface area contributed by atoms with Crippen molar-refractivity contribution in [1.82, 2.24) is 19.2 Å². The van der Waals surface area contributed by atoms with E-state index >= 15 is 0 Å². The van der Waals surface area contributed by atoms with Gasteiger partial charge in [0, 0.05) is 26.6 Å². The second kappa shape index (κ2) is 9.95. The summed E-state index contributed by atoms with van der Waals surface area (Å²) in [5.74, 6) is -1.24. The van der Waals surface area contributed by atoms with E-state index in [-0.39, 0.29) is 46.1 Å². The maximum atomic E-state index is 14.8. The molecule has 200 valence electrons. The summed E-state index contributed by atoms with van der Waals surface area (Å²) < 4.78 is 56.4. The highest BCUT2D eigenvalue weighted by Crippen LogP contribution is 2.37. The number of ether oxygens (including phenoxy) is 2. The van der Waals surface area contributed by atoms with E-state index in [4.69, 9.17) is 9.47 Å². The van der Waals surface area contributed by atoms with Crippen LogP contribution in [0.2, 0.25) is 0 Å². The minimum atomic E-state index is -3.97. The Bertz CT molecular complexity index is 1600. The van der Waals surface area contributed by atoms with Gasteiger partial charge in [-0.05, 0) is 43.3 Å². The summed E-state index contributed by atoms with van der Waals surface area (Å²) in [5.41, 5.74) is -0.596. The molecule has 2 aliphatic heterocycles. The van der Waals surface area contributed by atoms with Gasteiger partial charge in [-0.15, -0.1) is 0 Å². The van der Waals surface area contributed by atoms with Crippen LogP contribution in [-0.4, -0.2) is 61.2 Å². The first kappa shape index (κ1) is 26.1. The van der Waals surface area contributed by atoms with Crippen LogP contribution in [0.1, 0.15) is 31.4 Å². The van der Waals surface area contributed by atoms with Crippen LogP contribution in [0.3, 0.4) is 0 Å². The fraction of sp³-hybridized carbons (Fsp3) is 0.400. The third-order valence-electron chi connectivity index (χ3n) is 7.08. The van der Waals surface area contributed by atoms with Crippen molar-refractivity contribution < 1.29 is 22.3 Å². The molecular formula is C25H27FN6O5S. The Morgan fingerprint density at radius 2 is 2.21 bits per heavy atom. The molecule has 1 aromatic heterocycles. The zero-order valence-electron chi connectivity index (χ0n) is 20.9. The van der Waals surface area contributed by atoms with Gasteiger partial charge >= 0.3 is 10.2 Å². The summed E-state index contributed by atoms with van der Waals surface area (Å²) in [6.07, 6.45) is 3.08. The van der Waals surface area contributed by atoms with E-state index in [9.17, 15) is 22.9 Å². The molecule has 5 rings (SSSR count). The summed E-state index contributed by atoms with van der Waals surface area (Å²) >= 11 is 0. The van der Waals surface area contributed by atoms with Gasteiger partial charge in [0.15, 0.2) is 11.6 Å². The highest BCUT2D eigenvalue weighted by molar-refractivity contribution is 7.90. The lowest BCUT2D eigenvalue weighted by Crippen LogP contribution is -2.32. The van der Waals surface area contributed by atoms with Crippen molar-refractivity contribution in [1.29, 1.82) is 5.26 Å². The molecule has 11 nitrogen and oxygen atoms in total. The van der Waals surface area contributed by atoms with Crippen LogP contribution in [0.4, 0.5) is 10.1 Å². The van der Waals surface area contributed by atoms with Crippen molar-refractivity contribution >= 4 is 26.8 Å². The molecule has 2 saturated heterocycles. The molecule has 3 aromatic rings. The molecule has 13 heteroatoms. The van der Waals surface area contributed by atoms with Gasteiger partial charge in [-0.2, -0.15) is 18.0 Å². The average molecular weight is 543 g/mol. The van der Waals surface area contributed by atoms with Crippen LogP contribution in [0.5, 0.6) is 11.5 Å². The standard InChI is InChI=1S/C25H27FN6O5S/c1-3-31(2)38(34,35)30-22-7-5-20(26)23(19(22)12-27)37-17-4-6-21-18(10-17)24(33)32(15-29-21)16-11-25(36-13-16)8-9-28-14-25/h4-7,10,15-16,28,30H,3,8-9,11,13-14H2,1-2H3/t16?,25-/m0/s1. The van der Waals surface area contributed by atoms with Gasteiger partial charge in [-0.25, -0.2) is 9.37 Å². The summed E-state index contributed by atoms with van der Waals surface area (Å²) in [6, 6.07) is 8.31. The largest absolute Gasteiger partial charge is 0.453 e. The predicted molar refractivity (Wildman–Crippen MR) is 138 cm³/mol. The number of halogens is 1. The van der Waals surface area contributed by atoms with Gasteiger partial charge in [0.25, 0.3) is 5.56 Å². The van der Waals surface area contributed by atoms with Crippen molar-refractivity contribution in [2.24, 2.45) is 0 Å². The summed E-state index contributed by atoms with van der Waals surface area (Å²) in [7, 11) is -2.60. The fourth-order valence-electron chi connectivity index (χ4n) is 4.81. The van der Waals surface area contributed by atoms with Crippen LogP contribution < -0.4 is 20.3 Å². The molecular weight excluding hydrogens is 515 g/mol. The highest BCUT2D eigenvalue weighted by Gasteiger charge is 2.43. The van der Waals surface area contributed by atoms with Crippen molar-refractivity contribution in [2.75, 3.05) is 38.0 Å². The first-order valence-corrected chi connectivity index (χ1v) is 13.6. The van der Waals surface area contributed by atoms with Gasteiger partial charge in [0.1, 0.15) is 17.4 Å². The van der Waals surface area contributed by atoms with Gasteiger partial charge in [-0.1, -0.05) is 6.92 Å². The van der Waals surface area contributed by atoms with E-state index in [0.717, 1.165) is 35.9 Å². The summed E-state index contributed by atoms with van der Waals surface area (Å²) in [4.78, 5) is 17.8. The number of nitrogens with zero attached hydrogens (tertiary/aromatic N) is 4. The maximum absolute atomic E-state index is 14.8. The Labute approximate surface area is 219 Å². The highest BCUT2D eigenvalue weighted by atomic mass is 32.2. The summed E-state index contributed by atoms with van der Waals surface area (Å²) in [6.45, 7) is 3.86. The number of nitrogens with one attached hydrogen (secondary N) is 2. The lowest BCUT2D eigenvalue weighted by atomic mass is 9.97. The Morgan fingerprint density at radius 3 is 2.92 bits per heavy atom. The normalized spacial score (nSPS) is 21.3. The fourth-order valence-corrected chi connectivity index (χ4v) is 5.76. The number of rotatable bonds is 7. The quantitative estimate of drug-likeness (QED) is 0.464. The summed E-state index contributed by atoms with van der Waals surface area (Å²) in [5, 5.41) is 13.3. The van der Waals surface area contributed by atoms with E-state index in [0.29, 0.717) is 18.5 Å². The van der Waals surface area contributed by atoms with Crippen LogP contribution in [-0.2, 0) is 14.9 Å². The molecule has 2 N–H and O–H groups in total. The van der Waals surface area contributed by atoms with E-state index in [1.54, 1.807) is 17.6 Å². The molecule has 0 bridgehead atoms. The molecule has 0 saturated carbocycles. The third kappa shape index (κ3) is 4.71. The van der Waals surface area contributed by atoms with Crippen LogP contribution in [0, 0.1) is 17.1 Å². The minimum Gasteiger partial charge on any atom is -0.453 e. The van der Waals surface area contributed by atoms with E-state index in [1.807, 2.05) is 6.07 Å². The molecule has 0 amide bonds. The van der Waals surface area contributed by atoms with Gasteiger partial charge in [0.05, 0.1) is 41.2 Å². The predicted octanol–water partition coefficient (Wildman–Crippen LogP) is 2.50. The van der Waals surface area contributed by atoms with E-state index in [1.165, 1.54) is 25.5 Å². The molecule has 2 aliphatic rings. The molecule has 0 radical (unpaired) electrons. The van der Waals surface area contributed by atoms with Gasteiger partial charge in [0.2, 0.25) is 0 Å². The number of fused-ring (bicyclic) bond motifs is 1. The number of nitriles is 1. The lowest BCUT2D eigenvalue weighted by Gasteiger charge is -2.20. The van der Waals surface area contributed by atoms with Crippen molar-refractivity contribution in [3.8, 4) is 17.6 Å². The number of benzene rings is 2. The first-order chi connectivity index (χ1) is 18.2. The second-order valence-electron chi connectivity index (χ2n) is 9.45. The topological polar surface area (TPSA) is 139 Å². The van der Waals surface area contributed by atoms with E-state index < -0.39 is 21.8 Å². The Morgan fingerprint density at radius 1 is 1.39 bits per heavy atom. The molecule has 3 heterocycles. The zero-order valence-corrected chi connectivity index (χ0v) is 21.7. The van der Waals surface area contributed by atoms with Crippen LogP contribution in [0.25, 0.3) is 10.9 Å². The number of hydrogen-bond acceptors (Lipinski definition) is 8. The third-order valence-corrected chi connectivity index (χ3v) is 8.63.